The first-order valence-corrected chi connectivity index (χ1v) is 5.94. The summed E-state index contributed by atoms with van der Waals surface area (Å²) in [7, 11) is 1.37. The number of hydrogen-bond acceptors (Lipinski definition) is 6. The van der Waals surface area contributed by atoms with Crippen LogP contribution in [0.2, 0.25) is 0 Å². The minimum absolute atomic E-state index is 0.0515. The van der Waals surface area contributed by atoms with E-state index in [1.54, 1.807) is 23.9 Å². The molecule has 1 aliphatic heterocycles. The van der Waals surface area contributed by atoms with Gasteiger partial charge in [-0.2, -0.15) is 0 Å². The molecular formula is C10H13NO4S. The summed E-state index contributed by atoms with van der Waals surface area (Å²) in [6.45, 7) is -0.113. The summed E-state index contributed by atoms with van der Waals surface area (Å²) in [6, 6.07) is 3.24. The highest BCUT2D eigenvalue weighted by molar-refractivity contribution is 7.99. The number of hydrogen-bond donors (Lipinski definition) is 2. The fourth-order valence-electron chi connectivity index (χ4n) is 1.53. The molecule has 2 atom stereocenters. The zero-order chi connectivity index (χ0) is 11.5. The minimum Gasteiger partial charge on any atom is -0.468 e. The van der Waals surface area contributed by atoms with Gasteiger partial charge in [0.05, 0.1) is 7.11 Å². The van der Waals surface area contributed by atoms with Crippen LogP contribution in [-0.2, 0) is 16.1 Å². The molecule has 88 valence electrons. The van der Waals surface area contributed by atoms with Gasteiger partial charge >= 0.3 is 5.97 Å². The first kappa shape index (κ1) is 11.5. The average Bonchev–Trinajstić information content (AvgIpc) is 2.95. The van der Waals surface area contributed by atoms with Gasteiger partial charge in [0.15, 0.2) is 0 Å². The number of aliphatic hydroxyl groups excluding tert-OH is 1. The van der Waals surface area contributed by atoms with Crippen LogP contribution in [0.5, 0.6) is 0 Å². The SMILES string of the molecule is COC(=O)C1CSC(c2ccc(CO)o2)N1. The van der Waals surface area contributed by atoms with E-state index in [-0.39, 0.29) is 24.0 Å². The molecule has 6 heteroatoms. The Hall–Kier alpha value is -0.980. The van der Waals surface area contributed by atoms with Crippen molar-refractivity contribution in [3.8, 4) is 0 Å². The van der Waals surface area contributed by atoms with E-state index in [0.717, 1.165) is 5.76 Å². The van der Waals surface area contributed by atoms with Crippen LogP contribution in [0.25, 0.3) is 0 Å². The molecule has 0 amide bonds. The number of carbonyl (C=O) groups is 1. The lowest BCUT2D eigenvalue weighted by Crippen LogP contribution is -2.34. The van der Waals surface area contributed by atoms with Crippen LogP contribution in [0, 0.1) is 0 Å². The molecule has 5 nitrogen and oxygen atoms in total. The highest BCUT2D eigenvalue weighted by Gasteiger charge is 2.32. The third-order valence-corrected chi connectivity index (χ3v) is 3.59. The Morgan fingerprint density at radius 1 is 1.75 bits per heavy atom. The van der Waals surface area contributed by atoms with E-state index in [9.17, 15) is 4.79 Å². The van der Waals surface area contributed by atoms with Gasteiger partial charge in [-0.05, 0) is 12.1 Å². The van der Waals surface area contributed by atoms with Crippen molar-refractivity contribution in [1.82, 2.24) is 5.32 Å². The summed E-state index contributed by atoms with van der Waals surface area (Å²) in [4.78, 5) is 11.3. The van der Waals surface area contributed by atoms with Gasteiger partial charge in [-0.3, -0.25) is 10.1 Å². The summed E-state index contributed by atoms with van der Waals surface area (Å²) >= 11 is 1.58. The molecule has 0 aromatic carbocycles. The van der Waals surface area contributed by atoms with Crippen LogP contribution >= 0.6 is 11.8 Å². The van der Waals surface area contributed by atoms with Crippen molar-refractivity contribution in [3.05, 3.63) is 23.7 Å². The molecule has 0 radical (unpaired) electrons. The molecule has 2 N–H and O–H groups in total. The number of methoxy groups -OCH3 is 1. The molecule has 2 heterocycles. The highest BCUT2D eigenvalue weighted by Crippen LogP contribution is 2.33. The number of carbonyl (C=O) groups excluding carboxylic acids is 1. The van der Waals surface area contributed by atoms with Crippen LogP contribution < -0.4 is 5.32 Å². The molecule has 0 bridgehead atoms. The third kappa shape index (κ3) is 2.23. The number of rotatable bonds is 3. The lowest BCUT2D eigenvalue weighted by molar-refractivity contribution is -0.142. The number of furan rings is 1. The Morgan fingerprint density at radius 2 is 2.56 bits per heavy atom. The number of aliphatic hydroxyl groups is 1. The summed E-state index contributed by atoms with van der Waals surface area (Å²) < 4.78 is 10.1. The molecule has 1 saturated heterocycles. The van der Waals surface area contributed by atoms with E-state index in [1.807, 2.05) is 0 Å². The predicted molar refractivity (Wildman–Crippen MR) is 58.8 cm³/mol. The molecule has 0 spiro atoms. The van der Waals surface area contributed by atoms with Crippen molar-refractivity contribution >= 4 is 17.7 Å². The normalized spacial score (nSPS) is 24.6. The zero-order valence-electron chi connectivity index (χ0n) is 8.80. The van der Waals surface area contributed by atoms with Crippen molar-refractivity contribution in [2.75, 3.05) is 12.9 Å². The highest BCUT2D eigenvalue weighted by atomic mass is 32.2. The largest absolute Gasteiger partial charge is 0.468 e. The lowest BCUT2D eigenvalue weighted by atomic mass is 10.3. The van der Waals surface area contributed by atoms with Gasteiger partial charge < -0.3 is 14.3 Å². The third-order valence-electron chi connectivity index (χ3n) is 2.36. The summed E-state index contributed by atoms with van der Waals surface area (Å²) in [6.07, 6.45) is 0. The zero-order valence-corrected chi connectivity index (χ0v) is 9.62. The Labute approximate surface area is 97.2 Å². The van der Waals surface area contributed by atoms with Crippen molar-refractivity contribution in [2.24, 2.45) is 0 Å². The van der Waals surface area contributed by atoms with Gasteiger partial charge in [0.2, 0.25) is 0 Å². The van der Waals surface area contributed by atoms with E-state index < -0.39 is 0 Å². The molecule has 2 rings (SSSR count). The number of esters is 1. The Morgan fingerprint density at radius 3 is 3.19 bits per heavy atom. The van der Waals surface area contributed by atoms with E-state index in [0.29, 0.717) is 11.5 Å². The monoisotopic (exact) mass is 243 g/mol. The van der Waals surface area contributed by atoms with E-state index in [4.69, 9.17) is 9.52 Å². The maximum atomic E-state index is 11.3. The fraction of sp³-hybridized carbons (Fsp3) is 0.500. The molecule has 2 unspecified atom stereocenters. The molecule has 0 aliphatic carbocycles. The minimum atomic E-state index is -0.289. The Kier molecular flexibility index (Phi) is 3.52. The van der Waals surface area contributed by atoms with Gasteiger partial charge in [0.1, 0.15) is 29.5 Å². The van der Waals surface area contributed by atoms with Crippen LogP contribution in [0.3, 0.4) is 0 Å². The lowest BCUT2D eigenvalue weighted by Gasteiger charge is -2.09. The van der Waals surface area contributed by atoms with E-state index in [2.05, 4.69) is 10.1 Å². The van der Waals surface area contributed by atoms with Crippen molar-refractivity contribution < 1.29 is 19.1 Å². The quantitative estimate of drug-likeness (QED) is 0.759. The topological polar surface area (TPSA) is 71.7 Å². The standard InChI is InChI=1S/C10H13NO4S/c1-14-10(13)7-5-16-9(11-7)8-3-2-6(4-12)15-8/h2-3,7,9,11-12H,4-5H2,1H3. The van der Waals surface area contributed by atoms with Crippen LogP contribution in [0.15, 0.2) is 16.5 Å². The summed E-state index contributed by atoms with van der Waals surface area (Å²) in [5.74, 6) is 1.65. The maximum absolute atomic E-state index is 11.3. The van der Waals surface area contributed by atoms with Crippen molar-refractivity contribution in [1.29, 1.82) is 0 Å². The molecule has 1 aromatic heterocycles. The van der Waals surface area contributed by atoms with Crippen molar-refractivity contribution in [2.45, 2.75) is 18.0 Å². The molecule has 1 aliphatic rings. The van der Waals surface area contributed by atoms with Crippen LogP contribution in [-0.4, -0.2) is 30.0 Å². The van der Waals surface area contributed by atoms with Crippen molar-refractivity contribution in [3.63, 3.8) is 0 Å². The van der Waals surface area contributed by atoms with Gasteiger partial charge in [0, 0.05) is 5.75 Å². The van der Waals surface area contributed by atoms with Crippen LogP contribution in [0.1, 0.15) is 16.9 Å². The van der Waals surface area contributed by atoms with Gasteiger partial charge in [-0.15, -0.1) is 11.8 Å². The van der Waals surface area contributed by atoms with Gasteiger partial charge in [-0.1, -0.05) is 0 Å². The Balaban J connectivity index is 2.00. The van der Waals surface area contributed by atoms with Gasteiger partial charge in [0.25, 0.3) is 0 Å². The summed E-state index contributed by atoms with van der Waals surface area (Å²) in [5.41, 5.74) is 0. The fourth-order valence-corrected chi connectivity index (χ4v) is 2.70. The second-order valence-electron chi connectivity index (χ2n) is 3.42. The second-order valence-corrected chi connectivity index (χ2v) is 4.56. The van der Waals surface area contributed by atoms with E-state index >= 15 is 0 Å². The van der Waals surface area contributed by atoms with Crippen LogP contribution in [0.4, 0.5) is 0 Å². The molecule has 1 fully saturated rings. The number of ether oxygens (including phenoxy) is 1. The Bertz CT molecular complexity index is 379. The first-order chi connectivity index (χ1) is 7.74. The maximum Gasteiger partial charge on any atom is 0.323 e. The smallest absolute Gasteiger partial charge is 0.323 e. The molecule has 16 heavy (non-hydrogen) atoms. The molecular weight excluding hydrogens is 230 g/mol. The van der Waals surface area contributed by atoms with Gasteiger partial charge in [-0.25, -0.2) is 0 Å². The average molecular weight is 243 g/mol. The first-order valence-electron chi connectivity index (χ1n) is 4.89. The molecule has 1 aromatic rings. The predicted octanol–water partition coefficient (Wildman–Crippen LogP) is 0.648. The molecule has 0 saturated carbocycles. The second kappa shape index (κ2) is 4.90. The van der Waals surface area contributed by atoms with E-state index in [1.165, 1.54) is 7.11 Å². The summed E-state index contributed by atoms with van der Waals surface area (Å²) in [5, 5.41) is 11.9. The number of thioether (sulfide) groups is 1. The number of nitrogens with one attached hydrogen (secondary N) is 1.